The highest BCUT2D eigenvalue weighted by Gasteiger charge is 2.60. The van der Waals surface area contributed by atoms with Crippen LogP contribution in [-0.4, -0.2) is 10.9 Å². The van der Waals surface area contributed by atoms with E-state index < -0.39 is 0 Å². The highest BCUT2D eigenvalue weighted by atomic mass is 16.2. The number of aliphatic hydroxyl groups is 1. The molecule has 0 saturated heterocycles. The molecule has 0 bridgehead atoms. The molecule has 0 aromatic carbocycles. The first-order valence-corrected chi connectivity index (χ1v) is 9.39. The Morgan fingerprint density at radius 1 is 1.05 bits per heavy atom. The molecule has 2 heteroatoms. The van der Waals surface area contributed by atoms with Crippen molar-refractivity contribution in [1.82, 2.24) is 0 Å². The highest BCUT2D eigenvalue weighted by molar-refractivity contribution is 6.02. The summed E-state index contributed by atoms with van der Waals surface area (Å²) >= 11 is 0. The number of allylic oxidation sites excluding steroid dienone is 1. The molecule has 0 radical (unpaired) electrons. The molecule has 0 heterocycles. The Hall–Kier alpha value is -0.790. The lowest BCUT2D eigenvalue weighted by Gasteiger charge is -2.59. The molecule has 2 nitrogen and oxygen atoms in total. The number of hydrogen-bond donors (Lipinski definition) is 1. The van der Waals surface area contributed by atoms with Crippen LogP contribution in [0.5, 0.6) is 0 Å². The van der Waals surface area contributed by atoms with Crippen LogP contribution in [0.15, 0.2) is 11.8 Å². The molecule has 0 aromatic heterocycles. The zero-order valence-corrected chi connectivity index (χ0v) is 14.1. The minimum Gasteiger partial charge on any atom is -0.515 e. The second kappa shape index (κ2) is 4.85. The van der Waals surface area contributed by atoms with Gasteiger partial charge in [-0.2, -0.15) is 0 Å². The van der Waals surface area contributed by atoms with E-state index >= 15 is 0 Å². The van der Waals surface area contributed by atoms with E-state index in [0.717, 1.165) is 30.9 Å². The second-order valence-electron chi connectivity index (χ2n) is 9.05. The maximum Gasteiger partial charge on any atom is 0.168 e. The topological polar surface area (TPSA) is 37.3 Å². The van der Waals surface area contributed by atoms with Crippen molar-refractivity contribution in [1.29, 1.82) is 0 Å². The quantitative estimate of drug-likeness (QED) is 0.503. The van der Waals surface area contributed by atoms with Crippen LogP contribution in [0.2, 0.25) is 0 Å². The van der Waals surface area contributed by atoms with Gasteiger partial charge in [-0.05, 0) is 74.0 Å². The summed E-state index contributed by atoms with van der Waals surface area (Å²) in [5.41, 5.74) is 1.04. The van der Waals surface area contributed by atoms with Crippen molar-refractivity contribution in [2.75, 3.05) is 0 Å². The zero-order chi connectivity index (χ0) is 15.5. The van der Waals surface area contributed by atoms with Gasteiger partial charge in [0, 0.05) is 11.0 Å². The van der Waals surface area contributed by atoms with Gasteiger partial charge >= 0.3 is 0 Å². The summed E-state index contributed by atoms with van der Waals surface area (Å²) in [5.74, 6) is 3.18. The van der Waals surface area contributed by atoms with Gasteiger partial charge in [-0.25, -0.2) is 0 Å². The van der Waals surface area contributed by atoms with Crippen molar-refractivity contribution in [2.45, 2.75) is 71.6 Å². The van der Waals surface area contributed by atoms with E-state index in [-0.39, 0.29) is 11.2 Å². The summed E-state index contributed by atoms with van der Waals surface area (Å²) in [6, 6.07) is 0. The number of aliphatic hydroxyl groups excluding tert-OH is 1. The van der Waals surface area contributed by atoms with Crippen LogP contribution in [-0.2, 0) is 4.79 Å². The molecule has 22 heavy (non-hydrogen) atoms. The Bertz CT molecular complexity index is 522. The van der Waals surface area contributed by atoms with Gasteiger partial charge in [-0.15, -0.1) is 0 Å². The predicted octanol–water partition coefficient (Wildman–Crippen LogP) is 5.04. The molecular weight excluding hydrogens is 272 g/mol. The molecule has 4 rings (SSSR count). The molecule has 0 unspecified atom stereocenters. The first kappa shape index (κ1) is 14.8. The van der Waals surface area contributed by atoms with E-state index in [2.05, 4.69) is 13.8 Å². The van der Waals surface area contributed by atoms with Crippen LogP contribution >= 0.6 is 0 Å². The Kier molecular flexibility index (Phi) is 3.26. The fraction of sp³-hybridized carbons (Fsp3) is 0.850. The highest BCUT2D eigenvalue weighted by Crippen LogP contribution is 2.65. The Labute approximate surface area is 134 Å². The number of hydrogen-bond acceptors (Lipinski definition) is 2. The lowest BCUT2D eigenvalue weighted by atomic mass is 9.45. The minimum atomic E-state index is -0.187. The van der Waals surface area contributed by atoms with Crippen LogP contribution in [0.3, 0.4) is 0 Å². The lowest BCUT2D eigenvalue weighted by Crippen LogP contribution is -2.52. The fourth-order valence-corrected chi connectivity index (χ4v) is 7.08. The summed E-state index contributed by atoms with van der Waals surface area (Å²) in [6.45, 7) is 4.75. The summed E-state index contributed by atoms with van der Waals surface area (Å²) < 4.78 is 0. The molecule has 0 amide bonds. The number of fused-ring (bicyclic) bond motifs is 5. The van der Waals surface area contributed by atoms with Crippen molar-refractivity contribution in [3.63, 3.8) is 0 Å². The average Bonchev–Trinajstić information content (AvgIpc) is 2.78. The third-order valence-electron chi connectivity index (χ3n) is 8.38. The number of rotatable bonds is 0. The molecule has 4 saturated carbocycles. The SMILES string of the molecule is C[C@]12CCCC[C@@H]1CC[C@H]1[C@H]2CC[C@]2(C)C(=O)/C(=C/O)C[C@@H]12. The maximum atomic E-state index is 12.7. The zero-order valence-electron chi connectivity index (χ0n) is 14.1. The smallest absolute Gasteiger partial charge is 0.168 e. The van der Waals surface area contributed by atoms with Gasteiger partial charge in [-0.1, -0.05) is 26.7 Å². The number of carbonyl (C=O) groups excluding carboxylic acids is 1. The Morgan fingerprint density at radius 3 is 2.64 bits per heavy atom. The molecule has 0 aromatic rings. The lowest BCUT2D eigenvalue weighted by molar-refractivity contribution is -0.137. The number of carbonyl (C=O) groups is 1. The maximum absolute atomic E-state index is 12.7. The van der Waals surface area contributed by atoms with Gasteiger partial charge in [0.05, 0.1) is 6.26 Å². The number of ketones is 1. The van der Waals surface area contributed by atoms with E-state index in [1.54, 1.807) is 0 Å². The third kappa shape index (κ3) is 1.76. The number of Topliss-reactive ketones (excluding diaryl/α,β-unsaturated/α-hetero) is 1. The first-order valence-electron chi connectivity index (χ1n) is 9.39. The predicted molar refractivity (Wildman–Crippen MR) is 87.4 cm³/mol. The van der Waals surface area contributed by atoms with Gasteiger partial charge in [-0.3, -0.25) is 4.79 Å². The first-order chi connectivity index (χ1) is 10.5. The van der Waals surface area contributed by atoms with E-state index in [4.69, 9.17) is 0 Å². The third-order valence-corrected chi connectivity index (χ3v) is 8.38. The summed E-state index contributed by atoms with van der Waals surface area (Å²) in [5, 5.41) is 9.45. The second-order valence-corrected chi connectivity index (χ2v) is 9.05. The normalized spacial score (nSPS) is 53.0. The van der Waals surface area contributed by atoms with Crippen molar-refractivity contribution < 1.29 is 9.90 Å². The molecule has 0 spiro atoms. The summed E-state index contributed by atoms with van der Waals surface area (Å²) in [4.78, 5) is 12.7. The van der Waals surface area contributed by atoms with E-state index in [0.29, 0.717) is 22.8 Å². The van der Waals surface area contributed by atoms with Crippen LogP contribution in [0, 0.1) is 34.5 Å². The van der Waals surface area contributed by atoms with Crippen molar-refractivity contribution in [3.8, 4) is 0 Å². The Morgan fingerprint density at radius 2 is 1.86 bits per heavy atom. The summed E-state index contributed by atoms with van der Waals surface area (Å²) in [6.07, 6.45) is 12.6. The van der Waals surface area contributed by atoms with Gasteiger partial charge < -0.3 is 5.11 Å². The van der Waals surface area contributed by atoms with Crippen molar-refractivity contribution >= 4 is 5.78 Å². The molecule has 4 aliphatic carbocycles. The van der Waals surface area contributed by atoms with Crippen LogP contribution in [0.4, 0.5) is 0 Å². The van der Waals surface area contributed by atoms with Crippen molar-refractivity contribution in [2.24, 2.45) is 34.5 Å². The largest absolute Gasteiger partial charge is 0.515 e. The van der Waals surface area contributed by atoms with E-state index in [1.165, 1.54) is 44.9 Å². The van der Waals surface area contributed by atoms with Gasteiger partial charge in [0.25, 0.3) is 0 Å². The fourth-order valence-electron chi connectivity index (χ4n) is 7.08. The Balaban J connectivity index is 1.68. The minimum absolute atomic E-state index is 0.187. The molecular formula is C20H30O2. The summed E-state index contributed by atoms with van der Waals surface area (Å²) in [7, 11) is 0. The van der Waals surface area contributed by atoms with Gasteiger partial charge in [0.2, 0.25) is 0 Å². The molecule has 122 valence electrons. The molecule has 0 aliphatic heterocycles. The van der Waals surface area contributed by atoms with E-state index in [9.17, 15) is 9.90 Å². The van der Waals surface area contributed by atoms with Gasteiger partial charge in [0.15, 0.2) is 5.78 Å². The van der Waals surface area contributed by atoms with Crippen LogP contribution < -0.4 is 0 Å². The monoisotopic (exact) mass is 302 g/mol. The van der Waals surface area contributed by atoms with Crippen LogP contribution in [0.1, 0.15) is 71.6 Å². The average molecular weight is 302 g/mol. The molecule has 6 atom stereocenters. The standard InChI is InChI=1S/C20H30O2/c1-19-9-4-3-5-14(19)6-7-15-16(19)8-10-20(2)17(15)11-13(12-21)18(20)22/h12,14-17,21H,3-11H2,1-2H3/b13-12+/t14-,15+,16-,17+,19+,20+/m1/s1. The molecule has 1 N–H and O–H groups in total. The van der Waals surface area contributed by atoms with Crippen molar-refractivity contribution in [3.05, 3.63) is 11.8 Å². The van der Waals surface area contributed by atoms with E-state index in [1.807, 2.05) is 0 Å². The van der Waals surface area contributed by atoms with Crippen LogP contribution in [0.25, 0.3) is 0 Å². The van der Waals surface area contributed by atoms with Gasteiger partial charge in [0.1, 0.15) is 0 Å². The molecule has 4 aliphatic rings. The molecule has 4 fully saturated rings.